The van der Waals surface area contributed by atoms with Crippen LogP contribution in [0.4, 0.5) is 14.6 Å². The van der Waals surface area contributed by atoms with Gasteiger partial charge in [0.1, 0.15) is 16.5 Å². The molecule has 0 aliphatic carbocycles. The van der Waals surface area contributed by atoms with Gasteiger partial charge >= 0.3 is 5.76 Å². The van der Waals surface area contributed by atoms with Gasteiger partial charge in [-0.25, -0.2) is 22.6 Å². The fourth-order valence-electron chi connectivity index (χ4n) is 4.30. The first kappa shape index (κ1) is 26.6. The fraction of sp³-hybridized carbons (Fsp3) is 0.259. The molecule has 1 atom stereocenters. The minimum atomic E-state index is -4.50. The lowest BCUT2D eigenvalue weighted by Crippen LogP contribution is -2.36. The van der Waals surface area contributed by atoms with E-state index in [1.165, 1.54) is 16.7 Å². The molecule has 1 N–H and O–H groups in total. The summed E-state index contributed by atoms with van der Waals surface area (Å²) in [6.45, 7) is 5.41. The Labute approximate surface area is 223 Å². The number of halogens is 2. The first-order valence-corrected chi connectivity index (χ1v) is 13.6. The monoisotopic (exact) mass is 554 g/mol. The zero-order valence-corrected chi connectivity index (χ0v) is 21.7. The van der Waals surface area contributed by atoms with Crippen LogP contribution in [0.25, 0.3) is 11.1 Å². The molecule has 0 radical (unpaired) electrons. The molecule has 1 saturated heterocycles. The summed E-state index contributed by atoms with van der Waals surface area (Å²) in [5.74, 6) is 3.16. The van der Waals surface area contributed by atoms with Crippen LogP contribution in [-0.2, 0) is 14.8 Å². The van der Waals surface area contributed by atoms with Crippen molar-refractivity contribution in [3.8, 4) is 11.8 Å². The third kappa shape index (κ3) is 5.85. The lowest BCUT2D eigenvalue weighted by molar-refractivity contribution is 0.0443. The maximum Gasteiger partial charge on any atom is 0.420 e. The summed E-state index contributed by atoms with van der Waals surface area (Å²) in [4.78, 5) is 17.7. The third-order valence-corrected chi connectivity index (χ3v) is 7.68. The van der Waals surface area contributed by atoms with Crippen LogP contribution in [0.2, 0.25) is 0 Å². The number of benzene rings is 2. The van der Waals surface area contributed by atoms with Crippen LogP contribution in [0.3, 0.4) is 0 Å². The fourth-order valence-corrected chi connectivity index (χ4v) is 5.38. The SMILES string of the molecule is C[C@H](c1cccc(C#CCN2CCOCC2)c1)n1c(=O)oc2cc(S(=O)(=O)Nc3cccc(F)n3)c(F)cc21. The number of hydrogen-bond acceptors (Lipinski definition) is 7. The number of rotatable bonds is 6. The minimum Gasteiger partial charge on any atom is -0.408 e. The van der Waals surface area contributed by atoms with Gasteiger partial charge < -0.3 is 9.15 Å². The molecule has 0 saturated carbocycles. The predicted molar refractivity (Wildman–Crippen MR) is 140 cm³/mol. The van der Waals surface area contributed by atoms with Crippen molar-refractivity contribution in [2.75, 3.05) is 37.6 Å². The summed E-state index contributed by atoms with van der Waals surface area (Å²) in [6, 6.07) is 12.1. The predicted octanol–water partition coefficient (Wildman–Crippen LogP) is 3.36. The zero-order valence-electron chi connectivity index (χ0n) is 20.9. The Balaban J connectivity index is 1.42. The van der Waals surface area contributed by atoms with Gasteiger partial charge in [0.25, 0.3) is 10.0 Å². The molecule has 2 aromatic carbocycles. The van der Waals surface area contributed by atoms with E-state index in [1.54, 1.807) is 6.92 Å². The molecule has 1 aliphatic rings. The van der Waals surface area contributed by atoms with E-state index in [0.29, 0.717) is 19.8 Å². The van der Waals surface area contributed by atoms with Gasteiger partial charge in [-0.2, -0.15) is 4.39 Å². The van der Waals surface area contributed by atoms with E-state index in [9.17, 15) is 17.6 Å². The Morgan fingerprint density at radius 1 is 1.10 bits per heavy atom. The van der Waals surface area contributed by atoms with Crippen molar-refractivity contribution in [1.82, 2.24) is 14.5 Å². The number of nitrogens with zero attached hydrogens (tertiary/aromatic N) is 3. The van der Waals surface area contributed by atoms with Crippen LogP contribution >= 0.6 is 0 Å². The van der Waals surface area contributed by atoms with E-state index in [0.717, 1.165) is 42.4 Å². The van der Waals surface area contributed by atoms with Gasteiger partial charge in [0, 0.05) is 30.8 Å². The van der Waals surface area contributed by atoms with E-state index in [2.05, 4.69) is 21.7 Å². The van der Waals surface area contributed by atoms with E-state index in [1.807, 2.05) is 29.0 Å². The van der Waals surface area contributed by atoms with Crippen molar-refractivity contribution in [3.63, 3.8) is 0 Å². The molecule has 202 valence electrons. The molecule has 0 unspecified atom stereocenters. The summed E-state index contributed by atoms with van der Waals surface area (Å²) in [5.41, 5.74) is 1.44. The van der Waals surface area contributed by atoms with Crippen LogP contribution < -0.4 is 10.5 Å². The Kier molecular flexibility index (Phi) is 7.47. The Morgan fingerprint density at radius 2 is 1.87 bits per heavy atom. The van der Waals surface area contributed by atoms with Gasteiger partial charge in [0.2, 0.25) is 5.95 Å². The number of aromatic nitrogens is 2. The highest BCUT2D eigenvalue weighted by Crippen LogP contribution is 2.28. The van der Waals surface area contributed by atoms with Crippen molar-refractivity contribution in [3.05, 3.63) is 88.0 Å². The van der Waals surface area contributed by atoms with Crippen molar-refractivity contribution in [1.29, 1.82) is 0 Å². The maximum atomic E-state index is 15.1. The maximum absolute atomic E-state index is 15.1. The average Bonchev–Trinajstić information content (AvgIpc) is 3.22. The van der Waals surface area contributed by atoms with Gasteiger partial charge in [0.15, 0.2) is 5.58 Å². The number of nitrogens with one attached hydrogen (secondary N) is 1. The Morgan fingerprint density at radius 3 is 2.64 bits per heavy atom. The number of hydrogen-bond donors (Lipinski definition) is 1. The van der Waals surface area contributed by atoms with Crippen molar-refractivity contribution < 1.29 is 26.4 Å². The number of anilines is 1. The van der Waals surface area contributed by atoms with Gasteiger partial charge in [-0.1, -0.05) is 30.0 Å². The topological polar surface area (TPSA) is 107 Å². The second-order valence-corrected chi connectivity index (χ2v) is 10.6. The highest BCUT2D eigenvalue weighted by Gasteiger charge is 2.25. The molecule has 9 nitrogen and oxygen atoms in total. The lowest BCUT2D eigenvalue weighted by atomic mass is 10.0. The highest BCUT2D eigenvalue weighted by atomic mass is 32.2. The van der Waals surface area contributed by atoms with Crippen LogP contribution in [0.15, 0.2) is 68.7 Å². The second kappa shape index (κ2) is 11.0. The molecule has 1 fully saturated rings. The third-order valence-electron chi connectivity index (χ3n) is 6.31. The molecule has 39 heavy (non-hydrogen) atoms. The average molecular weight is 555 g/mol. The van der Waals surface area contributed by atoms with Gasteiger partial charge in [-0.05, 0) is 36.8 Å². The largest absolute Gasteiger partial charge is 0.420 e. The summed E-state index contributed by atoms with van der Waals surface area (Å²) < 4.78 is 68.0. The molecule has 0 bridgehead atoms. The zero-order chi connectivity index (χ0) is 27.6. The molecular weight excluding hydrogens is 530 g/mol. The Bertz CT molecular complexity index is 1750. The molecule has 3 heterocycles. The van der Waals surface area contributed by atoms with Crippen molar-refractivity contribution in [2.45, 2.75) is 17.9 Å². The molecule has 12 heteroatoms. The number of sulfonamides is 1. The van der Waals surface area contributed by atoms with Gasteiger partial charge in [-0.3, -0.25) is 14.2 Å². The van der Waals surface area contributed by atoms with E-state index < -0.39 is 38.5 Å². The molecule has 2 aromatic heterocycles. The number of oxazole rings is 1. The Hall–Kier alpha value is -4.05. The number of pyridine rings is 1. The summed E-state index contributed by atoms with van der Waals surface area (Å²) in [5, 5.41) is 0. The van der Waals surface area contributed by atoms with E-state index in [-0.39, 0.29) is 16.9 Å². The van der Waals surface area contributed by atoms with Gasteiger partial charge in [-0.15, -0.1) is 0 Å². The van der Waals surface area contributed by atoms with E-state index in [4.69, 9.17) is 9.15 Å². The van der Waals surface area contributed by atoms with Crippen LogP contribution in [0.5, 0.6) is 0 Å². The van der Waals surface area contributed by atoms with Crippen LogP contribution in [-0.4, -0.2) is 55.7 Å². The van der Waals surface area contributed by atoms with E-state index >= 15 is 4.39 Å². The molecule has 0 spiro atoms. The first-order valence-electron chi connectivity index (χ1n) is 12.1. The summed E-state index contributed by atoms with van der Waals surface area (Å²) in [6.07, 6.45) is 0. The standard InChI is InChI=1S/C27H24F2N4O5S/c1-18(20-7-2-5-19(15-20)6-4-10-32-11-13-37-14-12-32)33-22-16-21(28)24(17-23(22)38-27(33)34)39(35,36)31-26-9-3-8-25(29)30-26/h2-3,5,7-9,15-18H,10-14H2,1H3,(H,30,31)/t18-/m1/s1. The summed E-state index contributed by atoms with van der Waals surface area (Å²) in [7, 11) is -4.50. The molecule has 0 amide bonds. The first-order chi connectivity index (χ1) is 18.7. The van der Waals surface area contributed by atoms with Crippen molar-refractivity contribution in [2.24, 2.45) is 0 Å². The number of morpholine rings is 1. The quantitative estimate of drug-likeness (QED) is 0.288. The molecule has 1 aliphatic heterocycles. The minimum absolute atomic E-state index is 0.0802. The molecular formula is C27H24F2N4O5S. The smallest absolute Gasteiger partial charge is 0.408 e. The molecule has 4 aromatic rings. The highest BCUT2D eigenvalue weighted by molar-refractivity contribution is 7.92. The van der Waals surface area contributed by atoms with Crippen LogP contribution in [0.1, 0.15) is 24.1 Å². The second-order valence-electron chi connectivity index (χ2n) is 8.93. The van der Waals surface area contributed by atoms with Crippen LogP contribution in [0, 0.1) is 23.6 Å². The normalized spacial score (nSPS) is 15.1. The van der Waals surface area contributed by atoms with Crippen molar-refractivity contribution >= 4 is 26.9 Å². The lowest BCUT2D eigenvalue weighted by Gasteiger charge is -2.24. The number of fused-ring (bicyclic) bond motifs is 1. The van der Waals surface area contributed by atoms with Gasteiger partial charge in [0.05, 0.1) is 31.3 Å². The summed E-state index contributed by atoms with van der Waals surface area (Å²) >= 11 is 0. The molecule has 5 rings (SSSR count). The number of ether oxygens (including phenoxy) is 1.